The quantitative estimate of drug-likeness (QED) is 0.894. The van der Waals surface area contributed by atoms with Crippen molar-refractivity contribution < 1.29 is 5.11 Å². The van der Waals surface area contributed by atoms with E-state index in [0.717, 1.165) is 10.9 Å². The highest BCUT2D eigenvalue weighted by atomic mass is 79.9. The van der Waals surface area contributed by atoms with Crippen molar-refractivity contribution in [2.24, 2.45) is 0 Å². The summed E-state index contributed by atoms with van der Waals surface area (Å²) in [7, 11) is 0. The first-order valence-electron chi connectivity index (χ1n) is 5.33. The molecule has 0 spiro atoms. The summed E-state index contributed by atoms with van der Waals surface area (Å²) >= 11 is 5.34. The van der Waals surface area contributed by atoms with Crippen molar-refractivity contribution in [3.8, 4) is 0 Å². The summed E-state index contributed by atoms with van der Waals surface area (Å²) < 4.78 is 2.45. The first-order chi connectivity index (χ1) is 7.56. The van der Waals surface area contributed by atoms with Crippen LogP contribution in [0.5, 0.6) is 0 Å². The number of hydrogen-bond acceptors (Lipinski definition) is 2. The topological polar surface area (TPSA) is 20.2 Å². The molecule has 0 bridgehead atoms. The largest absolute Gasteiger partial charge is 0.396 e. The molecule has 1 aromatic heterocycles. The van der Waals surface area contributed by atoms with Gasteiger partial charge in [-0.2, -0.15) is 0 Å². The average molecular weight is 299 g/mol. The van der Waals surface area contributed by atoms with Crippen LogP contribution in [0.2, 0.25) is 0 Å². The van der Waals surface area contributed by atoms with E-state index in [2.05, 4.69) is 53.4 Å². The van der Waals surface area contributed by atoms with Gasteiger partial charge in [0.15, 0.2) is 0 Å². The van der Waals surface area contributed by atoms with Crippen LogP contribution in [0.3, 0.4) is 0 Å². The smallest absolute Gasteiger partial charge is 0.0487 e. The first-order valence-corrected chi connectivity index (χ1v) is 7.00. The minimum absolute atomic E-state index is 0.0355. The van der Waals surface area contributed by atoms with Crippen molar-refractivity contribution in [2.45, 2.75) is 25.7 Å². The zero-order chi connectivity index (χ0) is 11.8. The summed E-state index contributed by atoms with van der Waals surface area (Å²) in [5, 5.41) is 12.6. The monoisotopic (exact) mass is 298 g/mol. The van der Waals surface area contributed by atoms with Crippen LogP contribution in [-0.4, -0.2) is 11.7 Å². The summed E-state index contributed by atoms with van der Waals surface area (Å²) in [4.78, 5) is 0. The molecule has 0 aliphatic carbocycles. The molecular formula is C13H15BrOS. The highest BCUT2D eigenvalue weighted by Gasteiger charge is 2.23. The van der Waals surface area contributed by atoms with Gasteiger partial charge in [0.25, 0.3) is 0 Å². The lowest BCUT2D eigenvalue weighted by Crippen LogP contribution is -2.18. The van der Waals surface area contributed by atoms with Crippen LogP contribution in [-0.2, 0) is 5.41 Å². The molecule has 1 aromatic carbocycles. The molecule has 86 valence electrons. The standard InChI is InChI=1S/C13H15BrOS/c1-13(2,6-7-15)10-8-16-12-9(10)4-3-5-11(12)14/h3-5,8,15H,6-7H2,1-2H3. The van der Waals surface area contributed by atoms with Crippen LogP contribution in [0.15, 0.2) is 28.1 Å². The Morgan fingerprint density at radius 3 is 2.81 bits per heavy atom. The van der Waals surface area contributed by atoms with E-state index in [1.54, 1.807) is 11.3 Å². The molecule has 1 heterocycles. The van der Waals surface area contributed by atoms with Gasteiger partial charge in [-0.3, -0.25) is 0 Å². The number of thiophene rings is 1. The maximum absolute atomic E-state index is 9.12. The lowest BCUT2D eigenvalue weighted by Gasteiger charge is -2.23. The first kappa shape index (κ1) is 12.1. The van der Waals surface area contributed by atoms with Gasteiger partial charge in [0.1, 0.15) is 0 Å². The Bertz CT molecular complexity index is 502. The summed E-state index contributed by atoms with van der Waals surface area (Å²) in [5.41, 5.74) is 1.37. The normalized spacial score (nSPS) is 12.2. The second-order valence-electron chi connectivity index (χ2n) is 4.62. The van der Waals surface area contributed by atoms with E-state index >= 15 is 0 Å². The molecule has 0 saturated heterocycles. The van der Waals surface area contributed by atoms with E-state index < -0.39 is 0 Å². The van der Waals surface area contributed by atoms with Gasteiger partial charge in [-0.1, -0.05) is 26.0 Å². The average Bonchev–Trinajstić information content (AvgIpc) is 2.63. The van der Waals surface area contributed by atoms with E-state index in [1.807, 2.05) is 0 Å². The summed E-state index contributed by atoms with van der Waals surface area (Å²) in [6.45, 7) is 4.61. The second kappa shape index (κ2) is 4.47. The number of aliphatic hydroxyl groups excluding tert-OH is 1. The Morgan fingerprint density at radius 2 is 2.12 bits per heavy atom. The molecule has 0 fully saturated rings. The van der Waals surface area contributed by atoms with Gasteiger partial charge < -0.3 is 5.11 Å². The Kier molecular flexibility index (Phi) is 3.38. The van der Waals surface area contributed by atoms with Crippen LogP contribution in [0.4, 0.5) is 0 Å². The van der Waals surface area contributed by atoms with E-state index in [9.17, 15) is 0 Å². The molecule has 2 rings (SSSR count). The van der Waals surface area contributed by atoms with Crippen molar-refractivity contribution in [1.82, 2.24) is 0 Å². The molecule has 3 heteroatoms. The van der Waals surface area contributed by atoms with Gasteiger partial charge in [0, 0.05) is 15.8 Å². The van der Waals surface area contributed by atoms with Crippen LogP contribution >= 0.6 is 27.3 Å². The number of rotatable bonds is 3. The SMILES string of the molecule is CC(C)(CCO)c1csc2c(Br)cccc12. The third kappa shape index (κ3) is 2.04. The van der Waals surface area contributed by atoms with Gasteiger partial charge in [-0.05, 0) is 50.2 Å². The Balaban J connectivity index is 2.58. The van der Waals surface area contributed by atoms with Gasteiger partial charge in [0.05, 0.1) is 0 Å². The molecule has 0 aliphatic rings. The van der Waals surface area contributed by atoms with Gasteiger partial charge >= 0.3 is 0 Å². The van der Waals surface area contributed by atoms with Crippen LogP contribution in [0, 0.1) is 0 Å². The predicted octanol–water partition coefficient (Wildman–Crippen LogP) is 4.32. The molecule has 1 nitrogen and oxygen atoms in total. The van der Waals surface area contributed by atoms with E-state index in [1.165, 1.54) is 15.6 Å². The second-order valence-corrected chi connectivity index (χ2v) is 6.36. The van der Waals surface area contributed by atoms with Gasteiger partial charge in [-0.25, -0.2) is 0 Å². The molecular weight excluding hydrogens is 284 g/mol. The fourth-order valence-corrected chi connectivity index (χ4v) is 3.77. The van der Waals surface area contributed by atoms with Crippen molar-refractivity contribution in [3.05, 3.63) is 33.6 Å². The van der Waals surface area contributed by atoms with Crippen molar-refractivity contribution in [1.29, 1.82) is 0 Å². The Morgan fingerprint density at radius 1 is 1.38 bits per heavy atom. The molecule has 0 saturated carbocycles. The molecule has 2 aromatic rings. The highest BCUT2D eigenvalue weighted by molar-refractivity contribution is 9.10. The molecule has 0 atom stereocenters. The molecule has 1 N–H and O–H groups in total. The molecule has 0 amide bonds. The predicted molar refractivity (Wildman–Crippen MR) is 74.3 cm³/mol. The van der Waals surface area contributed by atoms with Crippen molar-refractivity contribution in [2.75, 3.05) is 6.61 Å². The van der Waals surface area contributed by atoms with Gasteiger partial charge in [-0.15, -0.1) is 11.3 Å². The zero-order valence-electron chi connectivity index (χ0n) is 9.46. The number of aliphatic hydroxyl groups is 1. The van der Waals surface area contributed by atoms with Crippen molar-refractivity contribution in [3.63, 3.8) is 0 Å². The van der Waals surface area contributed by atoms with Crippen LogP contribution in [0.25, 0.3) is 10.1 Å². The molecule has 0 aliphatic heterocycles. The van der Waals surface area contributed by atoms with E-state index in [0.29, 0.717) is 0 Å². The number of hydrogen-bond donors (Lipinski definition) is 1. The Labute approximate surface area is 108 Å². The van der Waals surface area contributed by atoms with E-state index in [-0.39, 0.29) is 12.0 Å². The fourth-order valence-electron chi connectivity index (χ4n) is 1.96. The molecule has 16 heavy (non-hydrogen) atoms. The third-order valence-corrected chi connectivity index (χ3v) is 4.97. The number of fused-ring (bicyclic) bond motifs is 1. The summed E-state index contributed by atoms with van der Waals surface area (Å²) in [6, 6.07) is 6.30. The van der Waals surface area contributed by atoms with Gasteiger partial charge in [0.2, 0.25) is 0 Å². The van der Waals surface area contributed by atoms with Crippen LogP contribution in [0.1, 0.15) is 25.8 Å². The fraction of sp³-hybridized carbons (Fsp3) is 0.385. The molecule has 0 radical (unpaired) electrons. The minimum Gasteiger partial charge on any atom is -0.396 e. The summed E-state index contributed by atoms with van der Waals surface area (Å²) in [5.74, 6) is 0. The Hall–Kier alpha value is -0.380. The summed E-state index contributed by atoms with van der Waals surface area (Å²) in [6.07, 6.45) is 0.797. The van der Waals surface area contributed by atoms with Crippen LogP contribution < -0.4 is 0 Å². The third-order valence-electron chi connectivity index (χ3n) is 3.02. The lowest BCUT2D eigenvalue weighted by atomic mass is 9.82. The van der Waals surface area contributed by atoms with E-state index in [4.69, 9.17) is 5.11 Å². The minimum atomic E-state index is 0.0355. The lowest BCUT2D eigenvalue weighted by molar-refractivity contribution is 0.253. The number of halogens is 1. The zero-order valence-corrected chi connectivity index (χ0v) is 11.9. The highest BCUT2D eigenvalue weighted by Crippen LogP contribution is 2.39. The van der Waals surface area contributed by atoms with Crippen molar-refractivity contribution >= 4 is 37.4 Å². The maximum Gasteiger partial charge on any atom is 0.0487 e. The maximum atomic E-state index is 9.12. The molecule has 0 unspecified atom stereocenters. The number of benzene rings is 1.